The average molecular weight is 353 g/mol. The van der Waals surface area contributed by atoms with Crippen LogP contribution >= 0.6 is 11.6 Å². The molecule has 0 aliphatic rings. The van der Waals surface area contributed by atoms with E-state index in [-0.39, 0.29) is 22.0 Å². The van der Waals surface area contributed by atoms with Crippen molar-refractivity contribution in [3.8, 4) is 5.75 Å². The maximum Gasteiger partial charge on any atom is 0.257 e. The first-order valence-corrected chi connectivity index (χ1v) is 7.85. The fourth-order valence-corrected chi connectivity index (χ4v) is 2.07. The van der Waals surface area contributed by atoms with Crippen LogP contribution < -0.4 is 15.9 Å². The minimum Gasteiger partial charge on any atom is -0.398 e. The molecule has 0 saturated heterocycles. The number of unbranched alkanes of at least 4 members (excludes halogenated alkanes) is 1. The molecule has 0 aromatic heterocycles. The molecule has 7 heteroatoms. The molecule has 5 nitrogen and oxygen atoms in total. The van der Waals surface area contributed by atoms with E-state index < -0.39 is 11.7 Å². The number of anilines is 2. The Morgan fingerprint density at radius 1 is 1.33 bits per heavy atom. The van der Waals surface area contributed by atoms with Gasteiger partial charge in [-0.1, -0.05) is 37.1 Å². The van der Waals surface area contributed by atoms with Gasteiger partial charge in [0.05, 0.1) is 22.9 Å². The Bertz CT molecular complexity index is 725. The van der Waals surface area contributed by atoms with Gasteiger partial charge in [-0.05, 0) is 24.6 Å². The van der Waals surface area contributed by atoms with Crippen LogP contribution in [0, 0.1) is 5.82 Å². The van der Waals surface area contributed by atoms with Crippen molar-refractivity contribution in [2.45, 2.75) is 19.8 Å². The number of amides is 1. The monoisotopic (exact) mass is 352 g/mol. The molecule has 0 aliphatic carbocycles. The summed E-state index contributed by atoms with van der Waals surface area (Å²) < 4.78 is 14.0. The first-order chi connectivity index (χ1) is 11.5. The minimum atomic E-state index is -0.691. The van der Waals surface area contributed by atoms with Gasteiger partial charge in [0.15, 0.2) is 5.75 Å². The summed E-state index contributed by atoms with van der Waals surface area (Å²) in [6, 6.07) is 8.81. The van der Waals surface area contributed by atoms with Crippen LogP contribution in [0.2, 0.25) is 5.02 Å². The summed E-state index contributed by atoms with van der Waals surface area (Å²) in [7, 11) is 0. The summed E-state index contributed by atoms with van der Waals surface area (Å²) in [5, 5.41) is 2.49. The second kappa shape index (κ2) is 8.52. The lowest BCUT2D eigenvalue weighted by molar-refractivity contribution is -0.207. The van der Waals surface area contributed by atoms with Crippen molar-refractivity contribution < 1.29 is 19.0 Å². The Kier molecular flexibility index (Phi) is 6.40. The zero-order valence-corrected chi connectivity index (χ0v) is 13.9. The zero-order valence-electron chi connectivity index (χ0n) is 13.1. The van der Waals surface area contributed by atoms with Crippen LogP contribution in [-0.2, 0) is 4.89 Å². The van der Waals surface area contributed by atoms with Crippen molar-refractivity contribution >= 4 is 28.9 Å². The largest absolute Gasteiger partial charge is 0.398 e. The Balaban J connectivity index is 2.14. The van der Waals surface area contributed by atoms with E-state index >= 15 is 0 Å². The highest BCUT2D eigenvalue weighted by molar-refractivity contribution is 6.32. The van der Waals surface area contributed by atoms with Crippen molar-refractivity contribution in [1.82, 2.24) is 0 Å². The number of carbonyl (C=O) groups excluding carboxylic acids is 1. The summed E-state index contributed by atoms with van der Waals surface area (Å²) in [5.74, 6) is -1.11. The van der Waals surface area contributed by atoms with Gasteiger partial charge >= 0.3 is 0 Å². The Morgan fingerprint density at radius 3 is 2.79 bits per heavy atom. The third kappa shape index (κ3) is 4.59. The SMILES string of the molecule is CCCCOOc1cc(NC(=O)c2ccccc2N)c(F)cc1Cl. The number of nitrogen functional groups attached to an aromatic ring is 1. The van der Waals surface area contributed by atoms with E-state index in [1.165, 1.54) is 6.07 Å². The number of para-hydroxylation sites is 1. The summed E-state index contributed by atoms with van der Waals surface area (Å²) in [6.07, 6.45) is 1.76. The van der Waals surface area contributed by atoms with Gasteiger partial charge in [-0.25, -0.2) is 4.39 Å². The third-order valence-corrected chi connectivity index (χ3v) is 3.50. The molecule has 0 atom stereocenters. The molecule has 0 fully saturated rings. The number of hydrogen-bond acceptors (Lipinski definition) is 4. The van der Waals surface area contributed by atoms with Crippen LogP contribution in [0.4, 0.5) is 15.8 Å². The van der Waals surface area contributed by atoms with E-state index in [2.05, 4.69) is 5.32 Å². The molecule has 24 heavy (non-hydrogen) atoms. The maximum absolute atomic E-state index is 14.0. The molecule has 0 spiro atoms. The molecule has 0 saturated carbocycles. The Labute approximate surface area is 144 Å². The summed E-state index contributed by atoms with van der Waals surface area (Å²) in [5.41, 5.74) is 6.20. The second-order valence-corrected chi connectivity index (χ2v) is 5.47. The lowest BCUT2D eigenvalue weighted by Crippen LogP contribution is -2.15. The van der Waals surface area contributed by atoms with Crippen LogP contribution in [0.3, 0.4) is 0 Å². The van der Waals surface area contributed by atoms with Gasteiger partial charge in [-0.3, -0.25) is 4.79 Å². The predicted octanol–water partition coefficient (Wildman–Crippen LogP) is 4.42. The smallest absolute Gasteiger partial charge is 0.257 e. The van der Waals surface area contributed by atoms with E-state index in [0.717, 1.165) is 18.9 Å². The third-order valence-electron chi connectivity index (χ3n) is 3.21. The molecule has 3 N–H and O–H groups in total. The molecule has 0 heterocycles. The van der Waals surface area contributed by atoms with Gasteiger partial charge in [0, 0.05) is 11.8 Å². The van der Waals surface area contributed by atoms with Crippen molar-refractivity contribution in [2.75, 3.05) is 17.7 Å². The number of nitrogens with two attached hydrogens (primary N) is 1. The van der Waals surface area contributed by atoms with Crippen LogP contribution in [0.25, 0.3) is 0 Å². The molecule has 0 bridgehead atoms. The molecule has 1 amide bonds. The zero-order chi connectivity index (χ0) is 17.5. The molecular weight excluding hydrogens is 335 g/mol. The molecule has 128 valence electrons. The molecule has 0 aliphatic heterocycles. The van der Waals surface area contributed by atoms with E-state index in [1.54, 1.807) is 24.3 Å². The van der Waals surface area contributed by atoms with Gasteiger partial charge in [0.2, 0.25) is 0 Å². The lowest BCUT2D eigenvalue weighted by atomic mass is 10.1. The lowest BCUT2D eigenvalue weighted by Gasteiger charge is -2.11. The normalized spacial score (nSPS) is 10.5. The van der Waals surface area contributed by atoms with Gasteiger partial charge < -0.3 is 15.9 Å². The Morgan fingerprint density at radius 2 is 2.08 bits per heavy atom. The number of nitrogens with one attached hydrogen (secondary N) is 1. The molecule has 0 unspecified atom stereocenters. The first kappa shape index (κ1) is 18.0. The molecule has 2 aromatic carbocycles. The van der Waals surface area contributed by atoms with Crippen molar-refractivity contribution in [3.63, 3.8) is 0 Å². The number of rotatable bonds is 7. The van der Waals surface area contributed by atoms with Gasteiger partial charge in [0.25, 0.3) is 5.91 Å². The summed E-state index contributed by atoms with van der Waals surface area (Å²) >= 11 is 5.92. The highest BCUT2D eigenvalue weighted by Crippen LogP contribution is 2.31. The molecule has 2 rings (SSSR count). The van der Waals surface area contributed by atoms with Crippen LogP contribution in [0.5, 0.6) is 5.75 Å². The first-order valence-electron chi connectivity index (χ1n) is 7.47. The van der Waals surface area contributed by atoms with Crippen LogP contribution in [0.15, 0.2) is 36.4 Å². The Hall–Kier alpha value is -2.31. The average Bonchev–Trinajstić information content (AvgIpc) is 2.55. The summed E-state index contributed by atoms with van der Waals surface area (Å²) in [6.45, 7) is 2.39. The molecular formula is C17H18ClFN2O3. The highest BCUT2D eigenvalue weighted by Gasteiger charge is 2.15. The van der Waals surface area contributed by atoms with E-state index in [4.69, 9.17) is 27.1 Å². The van der Waals surface area contributed by atoms with E-state index in [0.29, 0.717) is 12.3 Å². The van der Waals surface area contributed by atoms with Crippen LogP contribution in [0.1, 0.15) is 30.1 Å². The fourth-order valence-electron chi connectivity index (χ4n) is 1.89. The second-order valence-electron chi connectivity index (χ2n) is 5.06. The highest BCUT2D eigenvalue weighted by atomic mass is 35.5. The molecule has 0 radical (unpaired) electrons. The minimum absolute atomic E-state index is 0.0428. The summed E-state index contributed by atoms with van der Waals surface area (Å²) in [4.78, 5) is 22.3. The topological polar surface area (TPSA) is 73.6 Å². The van der Waals surface area contributed by atoms with Gasteiger partial charge in [-0.2, -0.15) is 4.89 Å². The standard InChI is InChI=1S/C17H18ClFN2O3/c1-2-3-8-23-24-16-10-15(13(19)9-12(16)18)21-17(22)11-6-4-5-7-14(11)20/h4-7,9-10H,2-3,8,20H2,1H3,(H,21,22). The van der Waals surface area contributed by atoms with Crippen molar-refractivity contribution in [1.29, 1.82) is 0 Å². The van der Waals surface area contributed by atoms with Crippen LogP contribution in [-0.4, -0.2) is 12.5 Å². The predicted molar refractivity (Wildman–Crippen MR) is 91.7 cm³/mol. The quantitative estimate of drug-likeness (QED) is 0.335. The van der Waals surface area contributed by atoms with E-state index in [9.17, 15) is 9.18 Å². The number of halogens is 2. The van der Waals surface area contributed by atoms with E-state index in [1.807, 2.05) is 6.92 Å². The number of benzene rings is 2. The van der Waals surface area contributed by atoms with Gasteiger partial charge in [-0.15, -0.1) is 0 Å². The van der Waals surface area contributed by atoms with Gasteiger partial charge in [0.1, 0.15) is 5.82 Å². The fraction of sp³-hybridized carbons (Fsp3) is 0.235. The molecule has 2 aromatic rings. The van der Waals surface area contributed by atoms with Crippen molar-refractivity contribution in [2.24, 2.45) is 0 Å². The number of hydrogen-bond donors (Lipinski definition) is 2. The maximum atomic E-state index is 14.0. The van der Waals surface area contributed by atoms with Crippen molar-refractivity contribution in [3.05, 3.63) is 52.8 Å². The number of carbonyl (C=O) groups is 1.